The second kappa shape index (κ2) is 7.65. The normalized spacial score (nSPS) is 10.6. The van der Waals surface area contributed by atoms with Gasteiger partial charge in [0.2, 0.25) is 17.6 Å². The molecule has 1 amide bonds. The molecule has 1 heterocycles. The number of benzene rings is 2. The van der Waals surface area contributed by atoms with Crippen molar-refractivity contribution in [1.82, 2.24) is 10.1 Å². The first-order valence-corrected chi connectivity index (χ1v) is 7.75. The summed E-state index contributed by atoms with van der Waals surface area (Å²) in [4.78, 5) is 16.0. The van der Waals surface area contributed by atoms with E-state index in [0.717, 1.165) is 0 Å². The number of carbonyl (C=O) groups excluding carboxylic acids is 1. The summed E-state index contributed by atoms with van der Waals surface area (Å²) < 4.78 is 31.5. The molecule has 0 radical (unpaired) electrons. The Morgan fingerprint density at radius 2 is 1.84 bits per heavy atom. The molecule has 3 aromatic rings. The molecule has 5 nitrogen and oxygen atoms in total. The molecule has 0 fully saturated rings. The van der Waals surface area contributed by atoms with Gasteiger partial charge in [-0.1, -0.05) is 17.3 Å². The van der Waals surface area contributed by atoms with E-state index < -0.39 is 5.82 Å². The molecular weight excluding hydrogens is 328 g/mol. The predicted molar refractivity (Wildman–Crippen MR) is 87.7 cm³/mol. The number of rotatable bonds is 6. The van der Waals surface area contributed by atoms with Crippen LogP contribution in [-0.2, 0) is 11.2 Å². The van der Waals surface area contributed by atoms with Gasteiger partial charge >= 0.3 is 0 Å². The molecule has 0 atom stereocenters. The molecule has 0 aliphatic rings. The summed E-state index contributed by atoms with van der Waals surface area (Å²) in [5.41, 5.74) is 0.803. The lowest BCUT2D eigenvalue weighted by Crippen LogP contribution is -2.12. The van der Waals surface area contributed by atoms with Gasteiger partial charge in [-0.2, -0.15) is 4.98 Å². The molecule has 2 aromatic carbocycles. The Hall–Kier alpha value is -3.09. The number of anilines is 1. The van der Waals surface area contributed by atoms with Crippen molar-refractivity contribution in [2.75, 3.05) is 5.32 Å². The Kier molecular flexibility index (Phi) is 5.13. The van der Waals surface area contributed by atoms with Gasteiger partial charge < -0.3 is 9.84 Å². The van der Waals surface area contributed by atoms with Crippen LogP contribution in [0.25, 0.3) is 11.4 Å². The van der Waals surface area contributed by atoms with Gasteiger partial charge in [0.15, 0.2) is 0 Å². The predicted octanol–water partition coefficient (Wildman–Crippen LogP) is 3.98. The number of para-hydroxylation sites is 1. The quantitative estimate of drug-likeness (QED) is 0.735. The average Bonchev–Trinajstić information content (AvgIpc) is 3.06. The maximum atomic E-state index is 13.5. The van der Waals surface area contributed by atoms with E-state index in [1.807, 2.05) is 0 Å². The Bertz CT molecular complexity index is 863. The van der Waals surface area contributed by atoms with Crippen LogP contribution in [0.3, 0.4) is 0 Å². The molecule has 0 saturated carbocycles. The summed E-state index contributed by atoms with van der Waals surface area (Å²) in [6.45, 7) is 0. The molecule has 128 valence electrons. The third-order valence-electron chi connectivity index (χ3n) is 3.51. The summed E-state index contributed by atoms with van der Waals surface area (Å²) in [7, 11) is 0. The van der Waals surface area contributed by atoms with E-state index in [2.05, 4.69) is 15.5 Å². The Balaban J connectivity index is 1.50. The van der Waals surface area contributed by atoms with E-state index in [9.17, 15) is 13.6 Å². The second-order valence-electron chi connectivity index (χ2n) is 5.40. The lowest BCUT2D eigenvalue weighted by Gasteiger charge is -2.05. The largest absolute Gasteiger partial charge is 0.339 e. The zero-order valence-electron chi connectivity index (χ0n) is 13.2. The van der Waals surface area contributed by atoms with Crippen LogP contribution in [0.15, 0.2) is 53.1 Å². The smallest absolute Gasteiger partial charge is 0.226 e. The van der Waals surface area contributed by atoms with Gasteiger partial charge in [0.05, 0.1) is 5.69 Å². The van der Waals surface area contributed by atoms with Gasteiger partial charge in [-0.05, 0) is 42.8 Å². The molecule has 7 heteroatoms. The fourth-order valence-corrected chi connectivity index (χ4v) is 2.25. The van der Waals surface area contributed by atoms with E-state index in [1.165, 1.54) is 24.3 Å². The summed E-state index contributed by atoms with van der Waals surface area (Å²) in [6, 6.07) is 11.7. The van der Waals surface area contributed by atoms with Crippen molar-refractivity contribution >= 4 is 11.6 Å². The first kappa shape index (κ1) is 16.8. The highest BCUT2D eigenvalue weighted by atomic mass is 19.1. The van der Waals surface area contributed by atoms with E-state index in [4.69, 9.17) is 4.52 Å². The average molecular weight is 343 g/mol. The Labute approximate surface area is 142 Å². The molecular formula is C18H15F2N3O2. The number of amides is 1. The molecule has 0 aliphatic heterocycles. The lowest BCUT2D eigenvalue weighted by atomic mass is 10.2. The minimum Gasteiger partial charge on any atom is -0.339 e. The molecule has 0 spiro atoms. The minimum atomic E-state index is -0.475. The Morgan fingerprint density at radius 3 is 2.60 bits per heavy atom. The van der Waals surface area contributed by atoms with Crippen LogP contribution < -0.4 is 5.32 Å². The van der Waals surface area contributed by atoms with Crippen molar-refractivity contribution in [1.29, 1.82) is 0 Å². The van der Waals surface area contributed by atoms with Gasteiger partial charge in [0, 0.05) is 18.4 Å². The van der Waals surface area contributed by atoms with Crippen LogP contribution in [0.5, 0.6) is 0 Å². The molecule has 1 aromatic heterocycles. The maximum Gasteiger partial charge on any atom is 0.226 e. The number of aromatic nitrogens is 2. The maximum absolute atomic E-state index is 13.5. The topological polar surface area (TPSA) is 68.0 Å². The summed E-state index contributed by atoms with van der Waals surface area (Å²) in [5.74, 6) is -0.350. The molecule has 0 aliphatic carbocycles. The number of nitrogens with one attached hydrogen (secondary N) is 1. The first-order chi connectivity index (χ1) is 12.1. The van der Waals surface area contributed by atoms with E-state index in [1.54, 1.807) is 24.3 Å². The van der Waals surface area contributed by atoms with E-state index in [-0.39, 0.29) is 23.8 Å². The summed E-state index contributed by atoms with van der Waals surface area (Å²) >= 11 is 0. The molecule has 25 heavy (non-hydrogen) atoms. The molecule has 3 rings (SSSR count). The van der Waals surface area contributed by atoms with Gasteiger partial charge in [-0.25, -0.2) is 8.78 Å². The van der Waals surface area contributed by atoms with Crippen LogP contribution in [0, 0.1) is 11.6 Å². The summed E-state index contributed by atoms with van der Waals surface area (Å²) in [5, 5.41) is 6.35. The van der Waals surface area contributed by atoms with Gasteiger partial charge in [-0.3, -0.25) is 4.79 Å². The standard InChI is InChI=1S/C18H15F2N3O2/c19-13-10-8-12(9-11-13)18-22-17(25-23-18)7-3-6-16(24)21-15-5-2-1-4-14(15)20/h1-2,4-5,8-11H,3,6-7H2,(H,21,24). The fourth-order valence-electron chi connectivity index (χ4n) is 2.25. The molecule has 0 bridgehead atoms. The van der Waals surface area contributed by atoms with Gasteiger partial charge in [0.1, 0.15) is 11.6 Å². The van der Waals surface area contributed by atoms with Crippen molar-refractivity contribution in [3.05, 3.63) is 66.1 Å². The van der Waals surface area contributed by atoms with Gasteiger partial charge in [-0.15, -0.1) is 0 Å². The van der Waals surface area contributed by atoms with Crippen molar-refractivity contribution in [3.63, 3.8) is 0 Å². The third kappa shape index (κ3) is 4.47. The van der Waals surface area contributed by atoms with E-state index in [0.29, 0.717) is 30.1 Å². The first-order valence-electron chi connectivity index (χ1n) is 7.75. The monoisotopic (exact) mass is 343 g/mol. The number of halogens is 2. The number of aryl methyl sites for hydroxylation is 1. The highest BCUT2D eigenvalue weighted by Gasteiger charge is 2.10. The van der Waals surface area contributed by atoms with Crippen molar-refractivity contribution in [3.8, 4) is 11.4 Å². The van der Waals surface area contributed by atoms with Gasteiger partial charge in [0.25, 0.3) is 0 Å². The number of carbonyl (C=O) groups is 1. The zero-order chi connectivity index (χ0) is 17.6. The fraction of sp³-hybridized carbons (Fsp3) is 0.167. The highest BCUT2D eigenvalue weighted by Crippen LogP contribution is 2.17. The van der Waals surface area contributed by atoms with Crippen molar-refractivity contribution in [2.45, 2.75) is 19.3 Å². The van der Waals surface area contributed by atoms with Crippen LogP contribution in [0.4, 0.5) is 14.5 Å². The van der Waals surface area contributed by atoms with Crippen LogP contribution in [-0.4, -0.2) is 16.0 Å². The third-order valence-corrected chi connectivity index (χ3v) is 3.51. The SMILES string of the molecule is O=C(CCCc1nc(-c2ccc(F)cc2)no1)Nc1ccccc1F. The highest BCUT2D eigenvalue weighted by molar-refractivity contribution is 5.90. The van der Waals surface area contributed by atoms with Crippen LogP contribution in [0.2, 0.25) is 0 Å². The minimum absolute atomic E-state index is 0.156. The number of nitrogens with zero attached hydrogens (tertiary/aromatic N) is 2. The Morgan fingerprint density at radius 1 is 1.08 bits per heavy atom. The molecule has 0 saturated heterocycles. The van der Waals surface area contributed by atoms with Crippen LogP contribution in [0.1, 0.15) is 18.7 Å². The second-order valence-corrected chi connectivity index (χ2v) is 5.40. The van der Waals surface area contributed by atoms with Crippen molar-refractivity contribution < 1.29 is 18.1 Å². The van der Waals surface area contributed by atoms with Crippen LogP contribution >= 0.6 is 0 Å². The summed E-state index contributed by atoms with van der Waals surface area (Å²) in [6.07, 6.45) is 1.09. The van der Waals surface area contributed by atoms with E-state index >= 15 is 0 Å². The number of hydrogen-bond donors (Lipinski definition) is 1. The lowest BCUT2D eigenvalue weighted by molar-refractivity contribution is -0.116. The number of hydrogen-bond acceptors (Lipinski definition) is 4. The molecule has 1 N–H and O–H groups in total. The van der Waals surface area contributed by atoms with Crippen molar-refractivity contribution in [2.24, 2.45) is 0 Å². The molecule has 0 unspecified atom stereocenters. The zero-order valence-corrected chi connectivity index (χ0v) is 13.2.